The quantitative estimate of drug-likeness (QED) is 0.806. The maximum atomic E-state index is 13.9. The average molecular weight is 280 g/mol. The van der Waals surface area contributed by atoms with Crippen molar-refractivity contribution >= 4 is 16.7 Å². The number of aromatic nitrogens is 2. The maximum absolute atomic E-state index is 13.9. The number of nitrogens with zero attached hydrogens (tertiary/aromatic N) is 3. The standard InChI is InChI=1S/C16H13FN4/c17-14-7-12(18)5-11-6-16(20-8-13(11)14)21-4-2-10-1-3-19-9-15(10)21/h1-7,9,13H,8,18H2. The molecule has 0 saturated heterocycles. The number of pyridine rings is 1. The van der Waals surface area contributed by atoms with Crippen LogP contribution >= 0.6 is 0 Å². The van der Waals surface area contributed by atoms with Gasteiger partial charge in [-0.2, -0.15) is 0 Å². The van der Waals surface area contributed by atoms with Crippen LogP contribution in [-0.2, 0) is 0 Å². The summed E-state index contributed by atoms with van der Waals surface area (Å²) in [6.45, 7) is 0.396. The van der Waals surface area contributed by atoms with Crippen LogP contribution in [0.3, 0.4) is 0 Å². The van der Waals surface area contributed by atoms with Crippen molar-refractivity contribution in [2.75, 3.05) is 6.54 Å². The van der Waals surface area contributed by atoms with E-state index in [1.807, 2.05) is 35.0 Å². The Bertz CT molecular complexity index is 854. The number of rotatable bonds is 0. The van der Waals surface area contributed by atoms with Crippen molar-refractivity contribution in [1.82, 2.24) is 9.55 Å². The van der Waals surface area contributed by atoms with Gasteiger partial charge in [0, 0.05) is 23.5 Å². The Kier molecular flexibility index (Phi) is 2.54. The van der Waals surface area contributed by atoms with E-state index in [4.69, 9.17) is 5.73 Å². The lowest BCUT2D eigenvalue weighted by Crippen LogP contribution is -2.22. The molecule has 1 atom stereocenters. The number of aliphatic imine (C=N–C) groups is 1. The van der Waals surface area contributed by atoms with Crippen LogP contribution in [0.25, 0.3) is 10.9 Å². The zero-order valence-electron chi connectivity index (χ0n) is 11.2. The van der Waals surface area contributed by atoms with E-state index < -0.39 is 0 Å². The number of nitrogens with two attached hydrogens (primary N) is 1. The minimum Gasteiger partial charge on any atom is -0.399 e. The molecule has 0 aromatic carbocycles. The minimum atomic E-state index is -0.305. The van der Waals surface area contributed by atoms with Gasteiger partial charge in [-0.1, -0.05) is 0 Å². The van der Waals surface area contributed by atoms with Crippen LogP contribution in [-0.4, -0.2) is 21.9 Å². The molecule has 3 heterocycles. The van der Waals surface area contributed by atoms with Crippen molar-refractivity contribution in [3.05, 3.63) is 66.0 Å². The number of hydrogen-bond donors (Lipinski definition) is 1. The van der Waals surface area contributed by atoms with E-state index in [1.54, 1.807) is 12.4 Å². The summed E-state index contributed by atoms with van der Waals surface area (Å²) in [4.78, 5) is 8.66. The predicted molar refractivity (Wildman–Crippen MR) is 80.5 cm³/mol. The van der Waals surface area contributed by atoms with Crippen LogP contribution in [0.5, 0.6) is 0 Å². The van der Waals surface area contributed by atoms with Crippen molar-refractivity contribution < 1.29 is 4.39 Å². The highest BCUT2D eigenvalue weighted by Crippen LogP contribution is 2.31. The molecule has 0 spiro atoms. The first-order valence-electron chi connectivity index (χ1n) is 6.74. The average Bonchev–Trinajstić information content (AvgIpc) is 2.90. The van der Waals surface area contributed by atoms with E-state index >= 15 is 0 Å². The summed E-state index contributed by atoms with van der Waals surface area (Å²) < 4.78 is 15.9. The lowest BCUT2D eigenvalue weighted by atomic mass is 9.90. The fourth-order valence-electron chi connectivity index (χ4n) is 2.79. The summed E-state index contributed by atoms with van der Waals surface area (Å²) in [5, 5.41) is 1.10. The number of halogens is 1. The largest absolute Gasteiger partial charge is 0.399 e. The first kappa shape index (κ1) is 12.1. The third-order valence-corrected chi connectivity index (χ3v) is 3.85. The predicted octanol–water partition coefficient (Wildman–Crippen LogP) is 2.55. The molecule has 21 heavy (non-hydrogen) atoms. The van der Waals surface area contributed by atoms with E-state index in [-0.39, 0.29) is 11.7 Å². The zero-order chi connectivity index (χ0) is 14.4. The molecule has 1 aliphatic heterocycles. The molecule has 0 amide bonds. The highest BCUT2D eigenvalue weighted by Gasteiger charge is 2.25. The van der Waals surface area contributed by atoms with Crippen LogP contribution in [0.1, 0.15) is 0 Å². The van der Waals surface area contributed by atoms with E-state index in [2.05, 4.69) is 9.98 Å². The van der Waals surface area contributed by atoms with E-state index in [0.29, 0.717) is 12.2 Å². The highest BCUT2D eigenvalue weighted by atomic mass is 19.1. The van der Waals surface area contributed by atoms with Crippen LogP contribution in [0.2, 0.25) is 0 Å². The summed E-state index contributed by atoms with van der Waals surface area (Å²) in [6, 6.07) is 3.96. The zero-order valence-corrected chi connectivity index (χ0v) is 11.2. The van der Waals surface area contributed by atoms with Crippen molar-refractivity contribution in [3.63, 3.8) is 0 Å². The molecule has 0 bridgehead atoms. The van der Waals surface area contributed by atoms with Crippen LogP contribution in [0, 0.1) is 5.92 Å². The molecule has 0 saturated carbocycles. The Morgan fingerprint density at radius 1 is 1.24 bits per heavy atom. The lowest BCUT2D eigenvalue weighted by molar-refractivity contribution is 0.512. The SMILES string of the molecule is NC1=CC2=CC(n3ccc4ccncc43)=NCC2C(F)=C1. The summed E-state index contributed by atoms with van der Waals surface area (Å²) in [7, 11) is 0. The van der Waals surface area contributed by atoms with Crippen molar-refractivity contribution in [1.29, 1.82) is 0 Å². The molecule has 2 N–H and O–H groups in total. The number of fused-ring (bicyclic) bond motifs is 2. The molecule has 2 aliphatic rings. The fraction of sp³-hybridized carbons (Fsp3) is 0.125. The molecule has 2 aromatic rings. The van der Waals surface area contributed by atoms with Gasteiger partial charge in [0.25, 0.3) is 0 Å². The van der Waals surface area contributed by atoms with Crippen molar-refractivity contribution in [3.8, 4) is 0 Å². The molecule has 1 aliphatic carbocycles. The first-order valence-corrected chi connectivity index (χ1v) is 6.74. The third-order valence-electron chi connectivity index (χ3n) is 3.85. The minimum absolute atomic E-state index is 0.219. The van der Waals surface area contributed by atoms with Gasteiger partial charge in [0.15, 0.2) is 0 Å². The monoisotopic (exact) mass is 280 g/mol. The molecule has 2 aromatic heterocycles. The number of hydrogen-bond acceptors (Lipinski definition) is 3. The normalized spacial score (nSPS) is 21.3. The van der Waals surface area contributed by atoms with Gasteiger partial charge in [-0.15, -0.1) is 0 Å². The second kappa shape index (κ2) is 4.41. The van der Waals surface area contributed by atoms with E-state index in [0.717, 1.165) is 22.3 Å². The third kappa shape index (κ3) is 1.89. The molecule has 4 nitrogen and oxygen atoms in total. The molecule has 4 rings (SSSR count). The Morgan fingerprint density at radius 3 is 3.05 bits per heavy atom. The van der Waals surface area contributed by atoms with Gasteiger partial charge in [-0.25, -0.2) is 4.39 Å². The van der Waals surface area contributed by atoms with Crippen molar-refractivity contribution in [2.24, 2.45) is 16.6 Å². The Balaban J connectivity index is 1.80. The molecule has 5 heteroatoms. The number of allylic oxidation sites excluding steroid dienone is 3. The highest BCUT2D eigenvalue weighted by molar-refractivity contribution is 6.02. The lowest BCUT2D eigenvalue weighted by Gasteiger charge is -2.23. The summed E-state index contributed by atoms with van der Waals surface area (Å²) >= 11 is 0. The second-order valence-electron chi connectivity index (χ2n) is 5.19. The molecule has 0 fully saturated rings. The molecule has 1 unspecified atom stereocenters. The topological polar surface area (TPSA) is 56.2 Å². The van der Waals surface area contributed by atoms with Crippen LogP contribution in [0.4, 0.5) is 4.39 Å². The molecular weight excluding hydrogens is 267 g/mol. The van der Waals surface area contributed by atoms with Gasteiger partial charge in [0.05, 0.1) is 24.2 Å². The first-order chi connectivity index (χ1) is 10.2. The van der Waals surface area contributed by atoms with Gasteiger partial charge < -0.3 is 5.73 Å². The van der Waals surface area contributed by atoms with E-state index in [9.17, 15) is 4.39 Å². The second-order valence-corrected chi connectivity index (χ2v) is 5.19. The summed E-state index contributed by atoms with van der Waals surface area (Å²) in [5.74, 6) is 0.257. The number of dihydropyridines is 1. The summed E-state index contributed by atoms with van der Waals surface area (Å²) in [5.41, 5.74) is 8.02. The molecule has 0 radical (unpaired) electrons. The van der Waals surface area contributed by atoms with Gasteiger partial charge in [-0.05, 0) is 35.9 Å². The van der Waals surface area contributed by atoms with E-state index in [1.165, 1.54) is 6.08 Å². The maximum Gasteiger partial charge on any atom is 0.132 e. The van der Waals surface area contributed by atoms with Gasteiger partial charge in [0.2, 0.25) is 0 Å². The van der Waals surface area contributed by atoms with Gasteiger partial charge in [-0.3, -0.25) is 14.5 Å². The van der Waals surface area contributed by atoms with Gasteiger partial charge >= 0.3 is 0 Å². The van der Waals surface area contributed by atoms with Crippen LogP contribution < -0.4 is 5.73 Å². The van der Waals surface area contributed by atoms with Crippen LogP contribution in [0.15, 0.2) is 71.0 Å². The molecule has 104 valence electrons. The smallest absolute Gasteiger partial charge is 0.132 e. The summed E-state index contributed by atoms with van der Waals surface area (Å²) in [6.07, 6.45) is 10.6. The molecular formula is C16H13FN4. The Labute approximate surface area is 120 Å². The Morgan fingerprint density at radius 2 is 2.14 bits per heavy atom. The fourth-order valence-corrected chi connectivity index (χ4v) is 2.79. The van der Waals surface area contributed by atoms with Gasteiger partial charge in [0.1, 0.15) is 11.7 Å². The van der Waals surface area contributed by atoms with Crippen molar-refractivity contribution in [2.45, 2.75) is 0 Å². The Hall–Kier alpha value is -2.69.